The molecule has 5 nitrogen and oxygen atoms in total. The maximum atomic E-state index is 11.2. The first-order valence-electron chi connectivity index (χ1n) is 14.0. The first kappa shape index (κ1) is 28.5. The Hall–Kier alpha value is -3.05. The van der Waals surface area contributed by atoms with E-state index in [2.05, 4.69) is 73.5 Å². The van der Waals surface area contributed by atoms with Gasteiger partial charge in [0.15, 0.2) is 0 Å². The van der Waals surface area contributed by atoms with E-state index in [1.165, 1.54) is 36.1 Å². The molecule has 0 fully saturated rings. The average Bonchev–Trinajstić information content (AvgIpc) is 2.92. The number of rotatable bonds is 18. The first-order chi connectivity index (χ1) is 18.2. The molecule has 0 spiro atoms. The van der Waals surface area contributed by atoms with E-state index in [4.69, 9.17) is 9.47 Å². The molecule has 0 radical (unpaired) electrons. The molecule has 1 amide bonds. The van der Waals surface area contributed by atoms with Gasteiger partial charge < -0.3 is 20.1 Å². The summed E-state index contributed by atoms with van der Waals surface area (Å²) in [5.74, 6) is 1.83. The number of hydrogen-bond donors (Lipinski definition) is 2. The predicted octanol–water partition coefficient (Wildman–Crippen LogP) is 7.30. The predicted molar refractivity (Wildman–Crippen MR) is 156 cm³/mol. The molecule has 0 saturated carbocycles. The van der Waals surface area contributed by atoms with Crippen LogP contribution in [0.5, 0.6) is 11.5 Å². The quantitative estimate of drug-likeness (QED) is 0.108. The number of ether oxygens (including phenoxy) is 2. The fourth-order valence-corrected chi connectivity index (χ4v) is 4.53. The minimum Gasteiger partial charge on any atom is -0.493 e. The van der Waals surface area contributed by atoms with E-state index in [1.54, 1.807) is 0 Å². The molecule has 0 unspecified atom stereocenters. The monoisotopic (exact) mass is 504 g/mol. The summed E-state index contributed by atoms with van der Waals surface area (Å²) in [5, 5.41) is 11.1. The van der Waals surface area contributed by atoms with Gasteiger partial charge in [-0.3, -0.25) is 4.79 Å². The Morgan fingerprint density at radius 1 is 0.838 bits per heavy atom. The number of unbranched alkanes of at least 4 members (excludes halogenated alkanes) is 5. The Morgan fingerprint density at radius 2 is 1.46 bits per heavy atom. The van der Waals surface area contributed by atoms with Gasteiger partial charge >= 0.3 is 0 Å². The molecule has 0 aliphatic heterocycles. The molecule has 3 aromatic carbocycles. The summed E-state index contributed by atoms with van der Waals surface area (Å²) in [7, 11) is 0. The Balaban J connectivity index is 1.61. The molecular weight excluding hydrogens is 460 g/mol. The number of benzene rings is 3. The van der Waals surface area contributed by atoms with Crippen molar-refractivity contribution in [2.24, 2.45) is 0 Å². The maximum Gasteiger partial charge on any atom is 0.243 e. The lowest BCUT2D eigenvalue weighted by atomic mass is 9.99. The molecule has 3 rings (SSSR count). The van der Waals surface area contributed by atoms with Crippen LogP contribution in [-0.2, 0) is 11.3 Å². The Labute approximate surface area is 222 Å². The Kier molecular flexibility index (Phi) is 12.3. The summed E-state index contributed by atoms with van der Waals surface area (Å²) >= 11 is 0. The molecule has 0 saturated heterocycles. The van der Waals surface area contributed by atoms with Crippen molar-refractivity contribution in [1.29, 1.82) is 0 Å². The molecule has 0 aliphatic carbocycles. The standard InChI is InChI=1S/C32H44N2O3/c1-4-19-36-30-23-27(24-33-17-13-9-7-8-10-14-18-34-31(35)6-3)32(37-20-5-2)29-22-26-16-12-11-15-25(26)21-28(29)30/h6,11-12,15-16,21-23,33H,3-5,7-10,13-14,17-20,24H2,1-2H3,(H,34,35). The van der Waals surface area contributed by atoms with Crippen LogP contribution in [0.25, 0.3) is 21.5 Å². The zero-order chi connectivity index (χ0) is 26.3. The van der Waals surface area contributed by atoms with Crippen LogP contribution in [0.1, 0.15) is 70.8 Å². The highest BCUT2D eigenvalue weighted by atomic mass is 16.5. The van der Waals surface area contributed by atoms with Gasteiger partial charge in [0.05, 0.1) is 13.2 Å². The minimum atomic E-state index is -0.0851. The molecule has 5 heteroatoms. The molecule has 3 aromatic rings. The van der Waals surface area contributed by atoms with Crippen LogP contribution >= 0.6 is 0 Å². The lowest BCUT2D eigenvalue weighted by Gasteiger charge is -2.19. The normalized spacial score (nSPS) is 11.1. The second kappa shape index (κ2) is 15.9. The highest BCUT2D eigenvalue weighted by Crippen LogP contribution is 2.39. The summed E-state index contributed by atoms with van der Waals surface area (Å²) in [5.41, 5.74) is 1.16. The molecular formula is C32H44N2O3. The van der Waals surface area contributed by atoms with Gasteiger partial charge in [-0.05, 0) is 67.3 Å². The van der Waals surface area contributed by atoms with Crippen molar-refractivity contribution < 1.29 is 14.3 Å². The number of fused-ring (bicyclic) bond motifs is 2. The third-order valence-corrected chi connectivity index (χ3v) is 6.49. The molecule has 200 valence electrons. The summed E-state index contributed by atoms with van der Waals surface area (Å²) < 4.78 is 12.6. The zero-order valence-electron chi connectivity index (χ0n) is 22.7. The largest absolute Gasteiger partial charge is 0.493 e. The van der Waals surface area contributed by atoms with E-state index in [-0.39, 0.29) is 5.91 Å². The molecule has 2 N–H and O–H groups in total. The van der Waals surface area contributed by atoms with E-state index in [0.29, 0.717) is 13.2 Å². The lowest BCUT2D eigenvalue weighted by molar-refractivity contribution is -0.116. The van der Waals surface area contributed by atoms with Crippen LogP contribution < -0.4 is 20.1 Å². The Morgan fingerprint density at radius 3 is 2.14 bits per heavy atom. The number of hydrogen-bond acceptors (Lipinski definition) is 4. The van der Waals surface area contributed by atoms with Gasteiger partial charge in [0.2, 0.25) is 5.91 Å². The molecule has 0 aliphatic rings. The van der Waals surface area contributed by atoms with E-state index in [9.17, 15) is 4.79 Å². The van der Waals surface area contributed by atoms with Gasteiger partial charge in [0.1, 0.15) is 11.5 Å². The van der Waals surface area contributed by atoms with Crippen molar-refractivity contribution in [3.05, 3.63) is 60.7 Å². The number of nitrogens with one attached hydrogen (secondary N) is 2. The first-order valence-corrected chi connectivity index (χ1v) is 14.0. The topological polar surface area (TPSA) is 59.6 Å². The summed E-state index contributed by atoms with van der Waals surface area (Å²) in [4.78, 5) is 11.2. The van der Waals surface area contributed by atoms with E-state index >= 15 is 0 Å². The third-order valence-electron chi connectivity index (χ3n) is 6.49. The van der Waals surface area contributed by atoms with Gasteiger partial charge in [-0.15, -0.1) is 0 Å². The van der Waals surface area contributed by atoms with Crippen LogP contribution in [0, 0.1) is 0 Å². The zero-order valence-corrected chi connectivity index (χ0v) is 22.7. The summed E-state index contributed by atoms with van der Waals surface area (Å²) in [6.45, 7) is 11.6. The summed E-state index contributed by atoms with van der Waals surface area (Å²) in [6, 6.07) is 15.1. The van der Waals surface area contributed by atoms with E-state index in [0.717, 1.165) is 79.6 Å². The van der Waals surface area contributed by atoms with E-state index in [1.807, 2.05) is 0 Å². The smallest absolute Gasteiger partial charge is 0.243 e. The third kappa shape index (κ3) is 8.78. The SMILES string of the molecule is C=CC(=O)NCCCCCCCCNCc1cc(OCCC)c2cc3ccccc3cc2c1OCCC. The fourth-order valence-electron chi connectivity index (χ4n) is 4.53. The van der Waals surface area contributed by atoms with Crippen molar-refractivity contribution in [2.45, 2.75) is 71.8 Å². The van der Waals surface area contributed by atoms with Gasteiger partial charge in [-0.2, -0.15) is 0 Å². The highest BCUT2D eigenvalue weighted by molar-refractivity contribution is 6.04. The van der Waals surface area contributed by atoms with Crippen molar-refractivity contribution >= 4 is 27.5 Å². The van der Waals surface area contributed by atoms with Crippen LogP contribution in [0.15, 0.2) is 55.1 Å². The second-order valence-corrected chi connectivity index (χ2v) is 9.60. The van der Waals surface area contributed by atoms with Crippen molar-refractivity contribution in [2.75, 3.05) is 26.3 Å². The van der Waals surface area contributed by atoms with E-state index < -0.39 is 0 Å². The van der Waals surface area contributed by atoms with Crippen molar-refractivity contribution in [3.63, 3.8) is 0 Å². The molecule has 0 bridgehead atoms. The fraction of sp³-hybridized carbons (Fsp3) is 0.469. The second-order valence-electron chi connectivity index (χ2n) is 9.60. The number of carbonyl (C=O) groups is 1. The van der Waals surface area contributed by atoms with Crippen LogP contribution in [0.2, 0.25) is 0 Å². The molecule has 0 aromatic heterocycles. The van der Waals surface area contributed by atoms with Crippen LogP contribution in [0.4, 0.5) is 0 Å². The van der Waals surface area contributed by atoms with Gasteiger partial charge in [0.25, 0.3) is 0 Å². The van der Waals surface area contributed by atoms with Gasteiger partial charge in [-0.1, -0.05) is 70.4 Å². The highest BCUT2D eigenvalue weighted by Gasteiger charge is 2.16. The Bertz CT molecular complexity index is 1140. The molecule has 0 heterocycles. The van der Waals surface area contributed by atoms with Crippen molar-refractivity contribution in [3.8, 4) is 11.5 Å². The number of carbonyl (C=O) groups excluding carboxylic acids is 1. The van der Waals surface area contributed by atoms with Crippen LogP contribution in [-0.4, -0.2) is 32.2 Å². The molecule has 37 heavy (non-hydrogen) atoms. The van der Waals surface area contributed by atoms with Crippen molar-refractivity contribution in [1.82, 2.24) is 10.6 Å². The summed E-state index contributed by atoms with van der Waals surface area (Å²) in [6.07, 6.45) is 10.2. The maximum absolute atomic E-state index is 11.2. The minimum absolute atomic E-state index is 0.0851. The van der Waals surface area contributed by atoms with Crippen LogP contribution in [0.3, 0.4) is 0 Å². The van der Waals surface area contributed by atoms with Gasteiger partial charge in [-0.25, -0.2) is 0 Å². The molecule has 0 atom stereocenters. The number of amides is 1. The average molecular weight is 505 g/mol. The lowest BCUT2D eigenvalue weighted by Crippen LogP contribution is -2.21. The van der Waals surface area contributed by atoms with Gasteiger partial charge in [0, 0.05) is 29.4 Å².